The van der Waals surface area contributed by atoms with Crippen molar-refractivity contribution in [3.63, 3.8) is 0 Å². The van der Waals surface area contributed by atoms with Gasteiger partial charge in [-0.1, -0.05) is 22.9 Å². The lowest BCUT2D eigenvalue weighted by Crippen LogP contribution is -1.81. The molecule has 1 aromatic carbocycles. The van der Waals surface area contributed by atoms with E-state index in [1.165, 1.54) is 10.0 Å². The summed E-state index contributed by atoms with van der Waals surface area (Å²) < 4.78 is 1.17. The molecule has 1 aromatic rings. The van der Waals surface area contributed by atoms with Gasteiger partial charge in [0.05, 0.1) is 0 Å². The molecule has 0 nitrogen and oxygen atoms in total. The van der Waals surface area contributed by atoms with E-state index in [4.69, 9.17) is 0 Å². The van der Waals surface area contributed by atoms with Crippen molar-refractivity contribution in [2.75, 3.05) is 0 Å². The van der Waals surface area contributed by atoms with Crippen molar-refractivity contribution in [2.24, 2.45) is 0 Å². The van der Waals surface area contributed by atoms with Crippen molar-refractivity contribution in [3.05, 3.63) is 28.2 Å². The number of thiol groups is 1. The van der Waals surface area contributed by atoms with Gasteiger partial charge in [-0.3, -0.25) is 0 Å². The molecule has 0 aliphatic carbocycles. The first-order valence-electron chi connectivity index (χ1n) is 3.21. The highest BCUT2D eigenvalue weighted by atomic mass is 79.9. The van der Waals surface area contributed by atoms with E-state index in [0.717, 1.165) is 11.3 Å². The van der Waals surface area contributed by atoms with Crippen molar-refractivity contribution < 1.29 is 0 Å². The number of hydrogen-bond acceptors (Lipinski definition) is 1. The first-order valence-corrected chi connectivity index (χ1v) is 4.45. The normalized spacial score (nSPS) is 9.90. The van der Waals surface area contributed by atoms with Crippen LogP contribution in [0.25, 0.3) is 0 Å². The number of hydrogen-bond donors (Lipinski definition) is 1. The zero-order valence-electron chi connectivity index (χ0n) is 5.76. The van der Waals surface area contributed by atoms with Gasteiger partial charge in [0.15, 0.2) is 0 Å². The highest BCUT2D eigenvalue weighted by molar-refractivity contribution is 9.10. The molecule has 0 saturated heterocycles. The van der Waals surface area contributed by atoms with Crippen molar-refractivity contribution in [1.29, 1.82) is 0 Å². The number of rotatable bonds is 1. The fourth-order valence-corrected chi connectivity index (χ4v) is 1.59. The van der Waals surface area contributed by atoms with Gasteiger partial charge in [-0.15, -0.1) is 12.6 Å². The van der Waals surface area contributed by atoms with E-state index in [-0.39, 0.29) is 0 Å². The third-order valence-electron chi connectivity index (χ3n) is 1.41. The van der Waals surface area contributed by atoms with Crippen LogP contribution in [0.3, 0.4) is 0 Å². The Bertz CT molecular complexity index is 233. The molecule has 0 atom stereocenters. The molecule has 2 heteroatoms. The lowest BCUT2D eigenvalue weighted by molar-refractivity contribution is 1.11. The standard InChI is InChI=1S/C8H9BrS/c1-2-6-5-7(10)3-4-8(6)9/h3-5,10H,2H2,1H3. The van der Waals surface area contributed by atoms with Crippen molar-refractivity contribution in [2.45, 2.75) is 18.2 Å². The van der Waals surface area contributed by atoms with E-state index >= 15 is 0 Å². The Balaban J connectivity index is 3.09. The summed E-state index contributed by atoms with van der Waals surface area (Å²) in [6, 6.07) is 6.08. The van der Waals surface area contributed by atoms with Gasteiger partial charge in [-0.25, -0.2) is 0 Å². The average Bonchev–Trinajstić information content (AvgIpc) is 1.94. The molecule has 0 aromatic heterocycles. The molecule has 0 aliphatic heterocycles. The van der Waals surface area contributed by atoms with Crippen LogP contribution in [0.1, 0.15) is 12.5 Å². The molecule has 0 aliphatic rings. The third-order valence-corrected chi connectivity index (χ3v) is 2.46. The quantitative estimate of drug-likeness (QED) is 0.685. The van der Waals surface area contributed by atoms with Crippen LogP contribution in [0.5, 0.6) is 0 Å². The molecule has 0 saturated carbocycles. The van der Waals surface area contributed by atoms with Crippen LogP contribution in [0.15, 0.2) is 27.6 Å². The Hall–Kier alpha value is 0.0500. The Morgan fingerprint density at radius 2 is 2.20 bits per heavy atom. The first kappa shape index (κ1) is 8.15. The molecule has 0 N–H and O–H groups in total. The van der Waals surface area contributed by atoms with E-state index in [1.807, 2.05) is 12.1 Å². The van der Waals surface area contributed by atoms with Crippen LogP contribution in [0.4, 0.5) is 0 Å². The minimum Gasteiger partial charge on any atom is -0.143 e. The molecule has 0 bridgehead atoms. The Kier molecular flexibility index (Phi) is 2.81. The number of aryl methyl sites for hydroxylation is 1. The van der Waals surface area contributed by atoms with Gasteiger partial charge in [-0.2, -0.15) is 0 Å². The van der Waals surface area contributed by atoms with Gasteiger partial charge in [0, 0.05) is 9.37 Å². The van der Waals surface area contributed by atoms with Gasteiger partial charge in [0.25, 0.3) is 0 Å². The van der Waals surface area contributed by atoms with E-state index in [2.05, 4.69) is 41.5 Å². The largest absolute Gasteiger partial charge is 0.143 e. The predicted octanol–water partition coefficient (Wildman–Crippen LogP) is 3.30. The summed E-state index contributed by atoms with van der Waals surface area (Å²) in [6.45, 7) is 2.13. The summed E-state index contributed by atoms with van der Waals surface area (Å²) in [5.41, 5.74) is 1.31. The lowest BCUT2D eigenvalue weighted by Gasteiger charge is -2.00. The highest BCUT2D eigenvalue weighted by Crippen LogP contribution is 2.20. The second kappa shape index (κ2) is 3.44. The summed E-state index contributed by atoms with van der Waals surface area (Å²) in [4.78, 5) is 1.03. The van der Waals surface area contributed by atoms with Crippen LogP contribution in [0.2, 0.25) is 0 Å². The van der Waals surface area contributed by atoms with Crippen molar-refractivity contribution in [3.8, 4) is 0 Å². The average molecular weight is 217 g/mol. The van der Waals surface area contributed by atoms with Crippen LogP contribution < -0.4 is 0 Å². The minimum absolute atomic E-state index is 1.03. The maximum absolute atomic E-state index is 4.23. The second-order valence-corrected chi connectivity index (χ2v) is 3.50. The summed E-state index contributed by atoms with van der Waals surface area (Å²) >= 11 is 7.69. The zero-order valence-corrected chi connectivity index (χ0v) is 8.24. The molecule has 0 amide bonds. The molecule has 0 radical (unpaired) electrons. The number of halogens is 1. The molecular weight excluding hydrogens is 208 g/mol. The van der Waals surface area contributed by atoms with Gasteiger partial charge in [0.2, 0.25) is 0 Å². The van der Waals surface area contributed by atoms with Gasteiger partial charge < -0.3 is 0 Å². The van der Waals surface area contributed by atoms with E-state index in [1.54, 1.807) is 0 Å². The van der Waals surface area contributed by atoms with Crippen LogP contribution in [-0.2, 0) is 6.42 Å². The topological polar surface area (TPSA) is 0 Å². The van der Waals surface area contributed by atoms with Gasteiger partial charge in [-0.05, 0) is 30.2 Å². The second-order valence-electron chi connectivity index (χ2n) is 2.13. The molecule has 0 fully saturated rings. The van der Waals surface area contributed by atoms with Gasteiger partial charge in [0.1, 0.15) is 0 Å². The van der Waals surface area contributed by atoms with Crippen LogP contribution in [-0.4, -0.2) is 0 Å². The lowest BCUT2D eigenvalue weighted by atomic mass is 10.2. The maximum Gasteiger partial charge on any atom is 0.0207 e. The van der Waals surface area contributed by atoms with Crippen LogP contribution >= 0.6 is 28.6 Å². The third kappa shape index (κ3) is 1.77. The van der Waals surface area contributed by atoms with E-state index < -0.39 is 0 Å². The van der Waals surface area contributed by atoms with Crippen molar-refractivity contribution in [1.82, 2.24) is 0 Å². The maximum atomic E-state index is 4.23. The molecular formula is C8H9BrS. The van der Waals surface area contributed by atoms with E-state index in [9.17, 15) is 0 Å². The Labute approximate surface area is 75.2 Å². The molecule has 0 spiro atoms. The summed E-state index contributed by atoms with van der Waals surface area (Å²) in [7, 11) is 0. The monoisotopic (exact) mass is 216 g/mol. The fraction of sp³-hybridized carbons (Fsp3) is 0.250. The molecule has 54 valence electrons. The smallest absolute Gasteiger partial charge is 0.0207 e. The zero-order chi connectivity index (χ0) is 7.56. The first-order chi connectivity index (χ1) is 4.74. The Morgan fingerprint density at radius 3 is 2.70 bits per heavy atom. The SMILES string of the molecule is CCc1cc(S)ccc1Br. The van der Waals surface area contributed by atoms with Crippen LogP contribution in [0, 0.1) is 0 Å². The summed E-state index contributed by atoms with van der Waals surface area (Å²) in [5, 5.41) is 0. The van der Waals surface area contributed by atoms with E-state index in [0.29, 0.717) is 0 Å². The minimum atomic E-state index is 1.03. The van der Waals surface area contributed by atoms with Gasteiger partial charge >= 0.3 is 0 Å². The molecule has 1 rings (SSSR count). The number of benzene rings is 1. The summed E-state index contributed by atoms with van der Waals surface area (Å²) in [6.07, 6.45) is 1.05. The fourth-order valence-electron chi connectivity index (χ4n) is 0.832. The predicted molar refractivity (Wildman–Crippen MR) is 50.8 cm³/mol. The molecule has 10 heavy (non-hydrogen) atoms. The molecule has 0 unspecified atom stereocenters. The molecule has 0 heterocycles. The summed E-state index contributed by atoms with van der Waals surface area (Å²) in [5.74, 6) is 0. The van der Waals surface area contributed by atoms with Crippen molar-refractivity contribution >= 4 is 28.6 Å². The highest BCUT2D eigenvalue weighted by Gasteiger charge is 1.95. The Morgan fingerprint density at radius 1 is 1.50 bits per heavy atom.